The van der Waals surface area contributed by atoms with Gasteiger partial charge in [0.1, 0.15) is 16.0 Å². The van der Waals surface area contributed by atoms with E-state index >= 15 is 0 Å². The van der Waals surface area contributed by atoms with Crippen molar-refractivity contribution in [2.45, 2.75) is 0 Å². The van der Waals surface area contributed by atoms with Crippen LogP contribution in [0.25, 0.3) is 22.7 Å². The van der Waals surface area contributed by atoms with Crippen molar-refractivity contribution < 1.29 is 4.52 Å². The Balaban J connectivity index is 2.00. The molecule has 3 rings (SSSR count). The quantitative estimate of drug-likeness (QED) is 0.679. The third-order valence-electron chi connectivity index (χ3n) is 2.44. The molecule has 0 aliphatic heterocycles. The predicted molar refractivity (Wildman–Crippen MR) is 70.7 cm³/mol. The van der Waals surface area contributed by atoms with Gasteiger partial charge in [-0.05, 0) is 40.2 Å². The SMILES string of the molecule is Brc1cccc(-c2cc(-c3cccnc3)no2)n1. The fraction of sp³-hybridized carbons (Fsp3) is 0. The summed E-state index contributed by atoms with van der Waals surface area (Å²) in [7, 11) is 0. The van der Waals surface area contributed by atoms with E-state index in [1.54, 1.807) is 12.4 Å². The van der Waals surface area contributed by atoms with Crippen LogP contribution in [0.4, 0.5) is 0 Å². The Morgan fingerprint density at radius 2 is 2.00 bits per heavy atom. The summed E-state index contributed by atoms with van der Waals surface area (Å²) in [6.45, 7) is 0. The van der Waals surface area contributed by atoms with Crippen molar-refractivity contribution in [3.8, 4) is 22.7 Å². The van der Waals surface area contributed by atoms with Crippen molar-refractivity contribution in [3.63, 3.8) is 0 Å². The van der Waals surface area contributed by atoms with E-state index in [-0.39, 0.29) is 0 Å². The van der Waals surface area contributed by atoms with Crippen LogP contribution >= 0.6 is 15.9 Å². The number of hydrogen-bond donors (Lipinski definition) is 0. The Hall–Kier alpha value is -2.01. The molecule has 0 amide bonds. The number of aromatic nitrogens is 3. The molecular weight excluding hydrogens is 294 g/mol. The van der Waals surface area contributed by atoms with Gasteiger partial charge in [0.15, 0.2) is 5.76 Å². The van der Waals surface area contributed by atoms with E-state index < -0.39 is 0 Å². The van der Waals surface area contributed by atoms with Crippen LogP contribution in [0.5, 0.6) is 0 Å². The second kappa shape index (κ2) is 4.70. The van der Waals surface area contributed by atoms with Gasteiger partial charge in [-0.1, -0.05) is 11.2 Å². The smallest absolute Gasteiger partial charge is 0.185 e. The van der Waals surface area contributed by atoms with E-state index in [0.29, 0.717) is 5.76 Å². The number of rotatable bonds is 2. The average Bonchev–Trinajstić information content (AvgIpc) is 2.89. The molecule has 18 heavy (non-hydrogen) atoms. The van der Waals surface area contributed by atoms with Gasteiger partial charge in [0.25, 0.3) is 0 Å². The first-order valence-electron chi connectivity index (χ1n) is 5.33. The Morgan fingerprint density at radius 3 is 2.78 bits per heavy atom. The number of pyridine rings is 2. The molecule has 88 valence electrons. The normalized spacial score (nSPS) is 10.5. The molecule has 4 nitrogen and oxygen atoms in total. The van der Waals surface area contributed by atoms with Crippen molar-refractivity contribution in [2.75, 3.05) is 0 Å². The second-order valence-electron chi connectivity index (χ2n) is 3.66. The maximum atomic E-state index is 5.30. The molecule has 0 atom stereocenters. The van der Waals surface area contributed by atoms with Gasteiger partial charge in [-0.3, -0.25) is 4.98 Å². The van der Waals surface area contributed by atoms with Gasteiger partial charge >= 0.3 is 0 Å². The summed E-state index contributed by atoms with van der Waals surface area (Å²) < 4.78 is 6.06. The fourth-order valence-corrected chi connectivity index (χ4v) is 1.94. The van der Waals surface area contributed by atoms with Crippen LogP contribution in [0.15, 0.2) is 57.9 Å². The van der Waals surface area contributed by atoms with Crippen LogP contribution < -0.4 is 0 Å². The van der Waals surface area contributed by atoms with Gasteiger partial charge < -0.3 is 4.52 Å². The van der Waals surface area contributed by atoms with Crippen LogP contribution in [0.3, 0.4) is 0 Å². The third-order valence-corrected chi connectivity index (χ3v) is 2.88. The molecule has 0 spiro atoms. The Bertz CT molecular complexity index is 667. The summed E-state index contributed by atoms with van der Waals surface area (Å²) in [5.41, 5.74) is 2.41. The van der Waals surface area contributed by atoms with Crippen LogP contribution in [-0.4, -0.2) is 15.1 Å². The van der Waals surface area contributed by atoms with Gasteiger partial charge in [-0.15, -0.1) is 0 Å². The first-order valence-corrected chi connectivity index (χ1v) is 6.12. The highest BCUT2D eigenvalue weighted by Gasteiger charge is 2.09. The Morgan fingerprint density at radius 1 is 1.06 bits per heavy atom. The molecule has 3 aromatic rings. The highest BCUT2D eigenvalue weighted by atomic mass is 79.9. The molecule has 0 aromatic carbocycles. The summed E-state index contributed by atoms with van der Waals surface area (Å²) in [5.74, 6) is 0.634. The molecule has 0 aliphatic rings. The molecule has 0 radical (unpaired) electrons. The minimum atomic E-state index is 0.634. The summed E-state index contributed by atoms with van der Waals surface area (Å²) in [6, 6.07) is 11.3. The van der Waals surface area contributed by atoms with E-state index in [0.717, 1.165) is 21.6 Å². The average molecular weight is 302 g/mol. The molecule has 0 saturated heterocycles. The number of hydrogen-bond acceptors (Lipinski definition) is 4. The predicted octanol–water partition coefficient (Wildman–Crippen LogP) is 3.56. The van der Waals surface area contributed by atoms with E-state index in [2.05, 4.69) is 31.1 Å². The van der Waals surface area contributed by atoms with Gasteiger partial charge in [0, 0.05) is 24.0 Å². The largest absolute Gasteiger partial charge is 0.354 e. The van der Waals surface area contributed by atoms with Gasteiger partial charge in [0.05, 0.1) is 0 Å². The topological polar surface area (TPSA) is 51.8 Å². The lowest BCUT2D eigenvalue weighted by Crippen LogP contribution is -1.80. The molecule has 5 heteroatoms. The van der Waals surface area contributed by atoms with Crippen LogP contribution in [-0.2, 0) is 0 Å². The maximum absolute atomic E-state index is 5.30. The molecule has 0 saturated carbocycles. The highest BCUT2D eigenvalue weighted by Crippen LogP contribution is 2.24. The summed E-state index contributed by atoms with van der Waals surface area (Å²) >= 11 is 3.33. The maximum Gasteiger partial charge on any atom is 0.185 e. The molecule has 0 N–H and O–H groups in total. The van der Waals surface area contributed by atoms with Crippen molar-refractivity contribution in [3.05, 3.63) is 53.4 Å². The van der Waals surface area contributed by atoms with Crippen LogP contribution in [0, 0.1) is 0 Å². The minimum absolute atomic E-state index is 0.634. The lowest BCUT2D eigenvalue weighted by atomic mass is 10.2. The zero-order valence-electron chi connectivity index (χ0n) is 9.25. The first-order chi connectivity index (χ1) is 8.83. The summed E-state index contributed by atoms with van der Waals surface area (Å²) in [6.07, 6.45) is 3.47. The Kier molecular flexibility index (Phi) is 2.90. The lowest BCUT2D eigenvalue weighted by Gasteiger charge is -1.94. The minimum Gasteiger partial charge on any atom is -0.354 e. The van der Waals surface area contributed by atoms with E-state index in [1.165, 1.54) is 0 Å². The molecule has 3 aromatic heterocycles. The summed E-state index contributed by atoms with van der Waals surface area (Å²) in [5, 5.41) is 4.02. The molecule has 0 bridgehead atoms. The van der Waals surface area contributed by atoms with Crippen molar-refractivity contribution in [2.24, 2.45) is 0 Å². The molecule has 0 aliphatic carbocycles. The lowest BCUT2D eigenvalue weighted by molar-refractivity contribution is 0.433. The van der Waals surface area contributed by atoms with Gasteiger partial charge in [-0.25, -0.2) is 4.98 Å². The van der Waals surface area contributed by atoms with Crippen LogP contribution in [0.2, 0.25) is 0 Å². The summed E-state index contributed by atoms with van der Waals surface area (Å²) in [4.78, 5) is 8.37. The molecular formula is C13H8BrN3O. The molecule has 0 unspecified atom stereocenters. The van der Waals surface area contributed by atoms with E-state index in [9.17, 15) is 0 Å². The third kappa shape index (κ3) is 2.17. The monoisotopic (exact) mass is 301 g/mol. The van der Waals surface area contributed by atoms with Gasteiger partial charge in [0.2, 0.25) is 0 Å². The van der Waals surface area contributed by atoms with E-state index in [4.69, 9.17) is 4.52 Å². The zero-order chi connectivity index (χ0) is 12.4. The van der Waals surface area contributed by atoms with Crippen molar-refractivity contribution >= 4 is 15.9 Å². The molecule has 3 heterocycles. The van der Waals surface area contributed by atoms with Gasteiger partial charge in [-0.2, -0.15) is 0 Å². The second-order valence-corrected chi connectivity index (χ2v) is 4.48. The number of halogens is 1. The van der Waals surface area contributed by atoms with Crippen LogP contribution in [0.1, 0.15) is 0 Å². The van der Waals surface area contributed by atoms with Crippen molar-refractivity contribution in [1.29, 1.82) is 0 Å². The standard InChI is InChI=1S/C13H8BrN3O/c14-13-5-1-4-10(16-13)12-7-11(17-18-12)9-3-2-6-15-8-9/h1-8H. The fourth-order valence-electron chi connectivity index (χ4n) is 1.59. The first kappa shape index (κ1) is 11.1. The zero-order valence-corrected chi connectivity index (χ0v) is 10.8. The Labute approximate surface area is 112 Å². The number of nitrogens with zero attached hydrogens (tertiary/aromatic N) is 3. The van der Waals surface area contributed by atoms with E-state index in [1.807, 2.05) is 36.4 Å². The molecule has 0 fully saturated rings. The highest BCUT2D eigenvalue weighted by molar-refractivity contribution is 9.10. The van der Waals surface area contributed by atoms with Crippen molar-refractivity contribution in [1.82, 2.24) is 15.1 Å².